The summed E-state index contributed by atoms with van der Waals surface area (Å²) in [6, 6.07) is 3.61. The summed E-state index contributed by atoms with van der Waals surface area (Å²) < 4.78 is 10.9. The molecule has 0 bridgehead atoms. The molecule has 1 heterocycles. The van der Waals surface area contributed by atoms with Crippen LogP contribution in [0.15, 0.2) is 12.1 Å². The summed E-state index contributed by atoms with van der Waals surface area (Å²) in [5.74, 6) is 1.52. The summed E-state index contributed by atoms with van der Waals surface area (Å²) in [6.07, 6.45) is 5.77. The average Bonchev–Trinajstić information content (AvgIpc) is 3.29. The maximum absolute atomic E-state index is 12.8. The van der Waals surface area contributed by atoms with Gasteiger partial charge >= 0.3 is 6.03 Å². The number of hydrogen-bond acceptors (Lipinski definition) is 4. The van der Waals surface area contributed by atoms with Crippen molar-refractivity contribution in [1.82, 2.24) is 15.5 Å². The van der Waals surface area contributed by atoms with Gasteiger partial charge in [0.15, 0.2) is 11.5 Å². The Morgan fingerprint density at radius 3 is 2.45 bits per heavy atom. The molecule has 1 fully saturated rings. The van der Waals surface area contributed by atoms with Crippen molar-refractivity contribution in [3.63, 3.8) is 0 Å². The van der Waals surface area contributed by atoms with Gasteiger partial charge < -0.3 is 25.0 Å². The average molecular weight is 404 g/mol. The zero-order valence-corrected chi connectivity index (χ0v) is 17.8. The number of rotatable bonds is 7. The van der Waals surface area contributed by atoms with Gasteiger partial charge in [-0.3, -0.25) is 4.79 Å². The third-order valence-corrected chi connectivity index (χ3v) is 5.99. The molecule has 1 aromatic carbocycles. The fourth-order valence-corrected chi connectivity index (χ4v) is 4.35. The standard InChI is InChI=1S/C22H33N3O4/c1-4-10-23-22(27)25-11-9-16-12-19(28-2)20(29-3)13-17(16)18(25)14-24-21(26)15-7-5-6-8-15/h12-13,15,18H,4-11,14H2,1-3H3,(H,23,27)(H,24,26)/t18-/m0/s1. The third kappa shape index (κ3) is 4.77. The van der Waals surface area contributed by atoms with Crippen LogP contribution in [0.1, 0.15) is 56.2 Å². The van der Waals surface area contributed by atoms with E-state index in [2.05, 4.69) is 10.6 Å². The molecule has 160 valence electrons. The predicted molar refractivity (Wildman–Crippen MR) is 111 cm³/mol. The summed E-state index contributed by atoms with van der Waals surface area (Å²) in [5.41, 5.74) is 2.13. The van der Waals surface area contributed by atoms with Gasteiger partial charge in [0.25, 0.3) is 0 Å². The van der Waals surface area contributed by atoms with Crippen molar-refractivity contribution in [2.24, 2.45) is 5.92 Å². The number of nitrogens with zero attached hydrogens (tertiary/aromatic N) is 1. The van der Waals surface area contributed by atoms with Crippen molar-refractivity contribution in [2.45, 2.75) is 51.5 Å². The highest BCUT2D eigenvalue weighted by atomic mass is 16.5. The third-order valence-electron chi connectivity index (χ3n) is 5.99. The molecule has 1 saturated carbocycles. The first-order valence-corrected chi connectivity index (χ1v) is 10.7. The zero-order valence-electron chi connectivity index (χ0n) is 17.8. The Bertz CT molecular complexity index is 731. The highest BCUT2D eigenvalue weighted by Gasteiger charge is 2.33. The number of fused-ring (bicyclic) bond motifs is 1. The molecule has 1 atom stereocenters. The Hall–Kier alpha value is -2.44. The summed E-state index contributed by atoms with van der Waals surface area (Å²) in [6.45, 7) is 3.66. The Morgan fingerprint density at radius 2 is 1.79 bits per heavy atom. The van der Waals surface area contributed by atoms with Crippen LogP contribution in [0.4, 0.5) is 4.79 Å². The summed E-state index contributed by atoms with van der Waals surface area (Å²) in [4.78, 5) is 27.2. The Labute approximate surface area is 173 Å². The first kappa shape index (κ1) is 21.3. The van der Waals surface area contributed by atoms with E-state index >= 15 is 0 Å². The van der Waals surface area contributed by atoms with Gasteiger partial charge in [-0.1, -0.05) is 19.8 Å². The molecule has 0 aromatic heterocycles. The fraction of sp³-hybridized carbons (Fsp3) is 0.636. The molecular weight excluding hydrogens is 370 g/mol. The Morgan fingerprint density at radius 1 is 1.10 bits per heavy atom. The van der Waals surface area contributed by atoms with E-state index in [1.165, 1.54) is 0 Å². The second-order valence-electron chi connectivity index (χ2n) is 7.82. The largest absolute Gasteiger partial charge is 0.493 e. The minimum atomic E-state index is -0.235. The van der Waals surface area contributed by atoms with Crippen molar-refractivity contribution in [3.05, 3.63) is 23.3 Å². The molecule has 3 rings (SSSR count). The Kier molecular flexibility index (Phi) is 7.23. The van der Waals surface area contributed by atoms with Gasteiger partial charge in [0.05, 0.1) is 20.3 Å². The van der Waals surface area contributed by atoms with Crippen LogP contribution in [0.2, 0.25) is 0 Å². The van der Waals surface area contributed by atoms with Crippen molar-refractivity contribution < 1.29 is 19.1 Å². The number of amides is 3. The van der Waals surface area contributed by atoms with Crippen LogP contribution in [-0.2, 0) is 11.2 Å². The number of ether oxygens (including phenoxy) is 2. The predicted octanol–water partition coefficient (Wildman–Crippen LogP) is 3.03. The van der Waals surface area contributed by atoms with E-state index in [1.807, 2.05) is 24.0 Å². The lowest BCUT2D eigenvalue weighted by molar-refractivity contribution is -0.125. The molecule has 29 heavy (non-hydrogen) atoms. The fourth-order valence-electron chi connectivity index (χ4n) is 4.35. The first-order valence-electron chi connectivity index (χ1n) is 10.7. The van der Waals surface area contributed by atoms with Crippen molar-refractivity contribution in [3.8, 4) is 11.5 Å². The first-order chi connectivity index (χ1) is 14.1. The zero-order chi connectivity index (χ0) is 20.8. The second kappa shape index (κ2) is 9.85. The number of carbonyl (C=O) groups is 2. The molecule has 1 aliphatic heterocycles. The summed E-state index contributed by atoms with van der Waals surface area (Å²) in [5, 5.41) is 6.08. The van der Waals surface area contributed by atoms with E-state index in [1.54, 1.807) is 14.2 Å². The number of benzene rings is 1. The maximum atomic E-state index is 12.8. The molecule has 0 spiro atoms. The van der Waals surface area contributed by atoms with Crippen LogP contribution >= 0.6 is 0 Å². The maximum Gasteiger partial charge on any atom is 0.317 e. The van der Waals surface area contributed by atoms with Gasteiger partial charge in [0.1, 0.15) is 0 Å². The molecule has 1 aromatic rings. The van der Waals surface area contributed by atoms with E-state index in [-0.39, 0.29) is 23.9 Å². The summed E-state index contributed by atoms with van der Waals surface area (Å²) in [7, 11) is 3.23. The normalized spacial score (nSPS) is 18.9. The van der Waals surface area contributed by atoms with Crippen molar-refractivity contribution >= 4 is 11.9 Å². The van der Waals surface area contributed by atoms with Crippen molar-refractivity contribution in [1.29, 1.82) is 0 Å². The lowest BCUT2D eigenvalue weighted by Crippen LogP contribution is -2.49. The monoisotopic (exact) mass is 403 g/mol. The molecule has 2 aliphatic rings. The molecule has 7 heteroatoms. The molecule has 0 saturated heterocycles. The molecule has 0 unspecified atom stereocenters. The van der Waals surface area contributed by atoms with E-state index in [0.717, 1.165) is 49.7 Å². The lowest BCUT2D eigenvalue weighted by atomic mass is 9.91. The Balaban J connectivity index is 1.85. The molecule has 2 N–H and O–H groups in total. The molecule has 0 radical (unpaired) electrons. The van der Waals surface area contributed by atoms with Crippen LogP contribution in [-0.4, -0.2) is 50.7 Å². The highest BCUT2D eigenvalue weighted by Crippen LogP contribution is 2.38. The van der Waals surface area contributed by atoms with Gasteiger partial charge in [-0.15, -0.1) is 0 Å². The van der Waals surface area contributed by atoms with Crippen LogP contribution < -0.4 is 20.1 Å². The van der Waals surface area contributed by atoms with Gasteiger partial charge in [-0.25, -0.2) is 4.79 Å². The van der Waals surface area contributed by atoms with Crippen LogP contribution in [0.5, 0.6) is 11.5 Å². The molecular formula is C22H33N3O4. The number of nitrogens with one attached hydrogen (secondary N) is 2. The van der Waals surface area contributed by atoms with Crippen LogP contribution in [0.25, 0.3) is 0 Å². The highest BCUT2D eigenvalue weighted by molar-refractivity contribution is 5.79. The topological polar surface area (TPSA) is 79.9 Å². The van der Waals surface area contributed by atoms with Gasteiger partial charge in [-0.2, -0.15) is 0 Å². The number of carbonyl (C=O) groups excluding carboxylic acids is 2. The smallest absolute Gasteiger partial charge is 0.317 e. The van der Waals surface area contributed by atoms with E-state index in [9.17, 15) is 9.59 Å². The van der Waals surface area contributed by atoms with Crippen molar-refractivity contribution in [2.75, 3.05) is 33.9 Å². The van der Waals surface area contributed by atoms with Crippen LogP contribution in [0.3, 0.4) is 0 Å². The summed E-state index contributed by atoms with van der Waals surface area (Å²) >= 11 is 0. The van der Waals surface area contributed by atoms with Crippen LogP contribution in [0, 0.1) is 5.92 Å². The van der Waals surface area contributed by atoms with Gasteiger partial charge in [0, 0.05) is 25.6 Å². The SMILES string of the molecule is CCCNC(=O)N1CCc2cc(OC)c(OC)cc2[C@@H]1CNC(=O)C1CCCC1. The van der Waals surface area contributed by atoms with Gasteiger partial charge in [0.2, 0.25) is 5.91 Å². The minimum Gasteiger partial charge on any atom is -0.493 e. The number of hydrogen-bond donors (Lipinski definition) is 2. The minimum absolute atomic E-state index is 0.0904. The quantitative estimate of drug-likeness (QED) is 0.733. The molecule has 7 nitrogen and oxygen atoms in total. The number of urea groups is 1. The van der Waals surface area contributed by atoms with E-state index in [0.29, 0.717) is 31.1 Å². The molecule has 3 amide bonds. The molecule has 1 aliphatic carbocycles. The lowest BCUT2D eigenvalue weighted by Gasteiger charge is -2.38. The van der Waals surface area contributed by atoms with Gasteiger partial charge in [-0.05, 0) is 48.9 Å². The number of methoxy groups -OCH3 is 2. The second-order valence-corrected chi connectivity index (χ2v) is 7.82. The van der Waals surface area contributed by atoms with E-state index in [4.69, 9.17) is 9.47 Å². The van der Waals surface area contributed by atoms with E-state index < -0.39 is 0 Å².